The van der Waals surface area contributed by atoms with E-state index in [0.29, 0.717) is 31.7 Å². The van der Waals surface area contributed by atoms with Gasteiger partial charge in [0, 0.05) is 19.0 Å². The zero-order valence-corrected chi connectivity index (χ0v) is 19.5. The number of anilines is 1. The summed E-state index contributed by atoms with van der Waals surface area (Å²) in [5, 5.41) is 0.226. The van der Waals surface area contributed by atoms with Gasteiger partial charge in [-0.15, -0.1) is 0 Å². The Morgan fingerprint density at radius 3 is 2.31 bits per heavy atom. The molecule has 0 radical (unpaired) electrons. The first-order valence-corrected chi connectivity index (χ1v) is 12.0. The minimum absolute atomic E-state index is 0.0651. The molecule has 2 aromatic carbocycles. The van der Waals surface area contributed by atoms with Crippen LogP contribution in [0.2, 0.25) is 5.02 Å². The Kier molecular flexibility index (Phi) is 7.30. The van der Waals surface area contributed by atoms with Gasteiger partial charge >= 0.3 is 0 Å². The molecule has 0 unspecified atom stereocenters. The number of methoxy groups -OCH3 is 1. The number of nitrogens with zero attached hydrogens (tertiary/aromatic N) is 2. The van der Waals surface area contributed by atoms with Crippen molar-refractivity contribution in [1.82, 2.24) is 4.90 Å². The second-order valence-electron chi connectivity index (χ2n) is 7.70. The smallest absolute Gasteiger partial charge is 0.264 e. The first kappa shape index (κ1) is 23.9. The summed E-state index contributed by atoms with van der Waals surface area (Å²) in [6.07, 6.45) is 0.917. The number of hydrogen-bond donors (Lipinski definition) is 1. The van der Waals surface area contributed by atoms with Gasteiger partial charge in [-0.3, -0.25) is 13.9 Å². The Hall–Kier alpha value is -2.78. The SMILES string of the molecule is COc1ccc(N(CC(=O)N2CCC(C(N)=O)CC2)S(=O)(=O)c2ccc(C)cc2)cc1Cl. The summed E-state index contributed by atoms with van der Waals surface area (Å²) in [5.41, 5.74) is 6.52. The molecule has 1 fully saturated rings. The third kappa shape index (κ3) is 5.16. The van der Waals surface area contributed by atoms with E-state index in [1.807, 2.05) is 6.92 Å². The standard InChI is InChI=1S/C22H26ClN3O5S/c1-15-3-6-18(7-4-15)32(29,30)26(17-5-8-20(31-2)19(23)13-17)14-21(27)25-11-9-16(10-12-25)22(24)28/h3-8,13,16H,9-12,14H2,1-2H3,(H2,24,28). The van der Waals surface area contributed by atoms with Crippen LogP contribution in [0.4, 0.5) is 5.69 Å². The summed E-state index contributed by atoms with van der Waals surface area (Å²) in [6.45, 7) is 2.14. The number of piperidine rings is 1. The van der Waals surface area contributed by atoms with Crippen LogP contribution in [-0.2, 0) is 19.6 Å². The summed E-state index contributed by atoms with van der Waals surface area (Å²) in [4.78, 5) is 26.1. The summed E-state index contributed by atoms with van der Waals surface area (Å²) in [5.74, 6) is -0.626. The fourth-order valence-corrected chi connectivity index (χ4v) is 5.26. The van der Waals surface area contributed by atoms with Crippen molar-refractivity contribution in [3.63, 3.8) is 0 Å². The molecular weight excluding hydrogens is 454 g/mol. The van der Waals surface area contributed by atoms with Crippen molar-refractivity contribution >= 4 is 39.1 Å². The molecule has 32 heavy (non-hydrogen) atoms. The lowest BCUT2D eigenvalue weighted by atomic mass is 9.96. The monoisotopic (exact) mass is 479 g/mol. The van der Waals surface area contributed by atoms with Crippen LogP contribution >= 0.6 is 11.6 Å². The van der Waals surface area contributed by atoms with Crippen molar-refractivity contribution in [3.05, 3.63) is 53.1 Å². The minimum atomic E-state index is -4.05. The zero-order chi connectivity index (χ0) is 23.5. The van der Waals surface area contributed by atoms with Crippen LogP contribution in [0.5, 0.6) is 5.75 Å². The van der Waals surface area contributed by atoms with Gasteiger partial charge in [0.15, 0.2) is 0 Å². The van der Waals surface area contributed by atoms with Gasteiger partial charge in [0.05, 0.1) is 22.7 Å². The molecule has 8 nitrogen and oxygen atoms in total. The van der Waals surface area contributed by atoms with Crippen LogP contribution in [-0.4, -0.2) is 51.9 Å². The van der Waals surface area contributed by atoms with Crippen molar-refractivity contribution in [2.75, 3.05) is 31.0 Å². The molecule has 3 rings (SSSR count). The molecule has 172 valence electrons. The summed E-state index contributed by atoms with van der Waals surface area (Å²) < 4.78 is 33.2. The number of nitrogens with two attached hydrogens (primary N) is 1. The van der Waals surface area contributed by atoms with Gasteiger partial charge in [-0.1, -0.05) is 29.3 Å². The summed E-state index contributed by atoms with van der Waals surface area (Å²) >= 11 is 6.24. The first-order valence-electron chi connectivity index (χ1n) is 10.1. The van der Waals surface area contributed by atoms with Crippen LogP contribution < -0.4 is 14.8 Å². The maximum atomic E-state index is 13.5. The molecule has 2 amide bonds. The third-order valence-electron chi connectivity index (χ3n) is 5.56. The largest absolute Gasteiger partial charge is 0.495 e. The van der Waals surface area contributed by atoms with E-state index in [4.69, 9.17) is 22.1 Å². The Balaban J connectivity index is 1.92. The Bertz CT molecular complexity index is 1100. The molecular formula is C22H26ClN3O5S. The number of rotatable bonds is 7. The molecule has 0 aromatic heterocycles. The van der Waals surface area contributed by atoms with E-state index in [2.05, 4.69) is 0 Å². The van der Waals surface area contributed by atoms with Crippen molar-refractivity contribution in [3.8, 4) is 5.75 Å². The molecule has 0 atom stereocenters. The van der Waals surface area contributed by atoms with Gasteiger partial charge in [0.1, 0.15) is 12.3 Å². The molecule has 1 aliphatic rings. The van der Waals surface area contributed by atoms with E-state index in [1.54, 1.807) is 29.2 Å². The molecule has 2 aromatic rings. The van der Waals surface area contributed by atoms with Crippen LogP contribution in [0.25, 0.3) is 0 Å². The van der Waals surface area contributed by atoms with E-state index in [1.165, 1.54) is 25.3 Å². The molecule has 2 N–H and O–H groups in total. The number of carbonyl (C=O) groups excluding carboxylic acids is 2. The van der Waals surface area contributed by atoms with Gasteiger partial charge < -0.3 is 15.4 Å². The lowest BCUT2D eigenvalue weighted by Crippen LogP contribution is -2.47. The lowest BCUT2D eigenvalue weighted by molar-refractivity contribution is -0.133. The number of ether oxygens (including phenoxy) is 1. The van der Waals surface area contributed by atoms with Crippen molar-refractivity contribution in [2.24, 2.45) is 11.7 Å². The third-order valence-corrected chi connectivity index (χ3v) is 7.64. The minimum Gasteiger partial charge on any atom is -0.495 e. The maximum absolute atomic E-state index is 13.5. The Morgan fingerprint density at radius 2 is 1.78 bits per heavy atom. The van der Waals surface area contributed by atoms with Crippen molar-refractivity contribution < 1.29 is 22.7 Å². The number of benzene rings is 2. The fourth-order valence-electron chi connectivity index (χ4n) is 3.60. The average molecular weight is 480 g/mol. The molecule has 1 aliphatic heterocycles. The number of amides is 2. The molecule has 0 saturated carbocycles. The lowest BCUT2D eigenvalue weighted by Gasteiger charge is -2.33. The quantitative estimate of drug-likeness (QED) is 0.656. The van der Waals surface area contributed by atoms with E-state index in [9.17, 15) is 18.0 Å². The van der Waals surface area contributed by atoms with Crippen LogP contribution in [0.3, 0.4) is 0 Å². The number of carbonyl (C=O) groups is 2. The van der Waals surface area contributed by atoms with E-state index < -0.39 is 16.6 Å². The summed E-state index contributed by atoms with van der Waals surface area (Å²) in [6, 6.07) is 11.0. The van der Waals surface area contributed by atoms with Gasteiger partial charge in [-0.2, -0.15) is 0 Å². The highest BCUT2D eigenvalue weighted by Gasteiger charge is 2.31. The number of hydrogen-bond acceptors (Lipinski definition) is 5. The second kappa shape index (κ2) is 9.79. The number of aryl methyl sites for hydroxylation is 1. The topological polar surface area (TPSA) is 110 Å². The number of primary amides is 1. The predicted molar refractivity (Wildman–Crippen MR) is 122 cm³/mol. The highest BCUT2D eigenvalue weighted by molar-refractivity contribution is 7.92. The predicted octanol–water partition coefficient (Wildman–Crippen LogP) is 2.58. The average Bonchev–Trinajstić information content (AvgIpc) is 2.77. The van der Waals surface area contributed by atoms with Crippen LogP contribution in [0.15, 0.2) is 47.4 Å². The molecule has 1 saturated heterocycles. The number of halogens is 1. The highest BCUT2D eigenvalue weighted by atomic mass is 35.5. The van der Waals surface area contributed by atoms with Gasteiger partial charge in [-0.05, 0) is 50.1 Å². The number of likely N-dealkylation sites (tertiary alicyclic amines) is 1. The molecule has 0 aliphatic carbocycles. The number of sulfonamides is 1. The molecule has 0 bridgehead atoms. The normalized spacial score (nSPS) is 14.8. The second-order valence-corrected chi connectivity index (χ2v) is 9.97. The fraction of sp³-hybridized carbons (Fsp3) is 0.364. The van der Waals surface area contributed by atoms with E-state index in [0.717, 1.165) is 9.87 Å². The van der Waals surface area contributed by atoms with Gasteiger partial charge in [0.2, 0.25) is 11.8 Å². The van der Waals surface area contributed by atoms with Crippen LogP contribution in [0, 0.1) is 12.8 Å². The zero-order valence-electron chi connectivity index (χ0n) is 18.0. The van der Waals surface area contributed by atoms with Gasteiger partial charge in [0.25, 0.3) is 10.0 Å². The molecule has 10 heteroatoms. The van der Waals surface area contributed by atoms with Crippen LogP contribution in [0.1, 0.15) is 18.4 Å². The van der Waals surface area contributed by atoms with Gasteiger partial charge in [-0.25, -0.2) is 8.42 Å². The maximum Gasteiger partial charge on any atom is 0.264 e. The molecule has 1 heterocycles. The summed E-state index contributed by atoms with van der Waals surface area (Å²) in [7, 11) is -2.59. The highest BCUT2D eigenvalue weighted by Crippen LogP contribution is 2.32. The van der Waals surface area contributed by atoms with E-state index >= 15 is 0 Å². The first-order chi connectivity index (χ1) is 15.1. The molecule has 0 spiro atoms. The van der Waals surface area contributed by atoms with E-state index in [-0.39, 0.29) is 33.3 Å². The Labute approximate surface area is 192 Å². The van der Waals surface area contributed by atoms with Crippen molar-refractivity contribution in [2.45, 2.75) is 24.7 Å². The van der Waals surface area contributed by atoms with Crippen molar-refractivity contribution in [1.29, 1.82) is 0 Å². The Morgan fingerprint density at radius 1 is 1.16 bits per heavy atom.